The molecule has 4 rings (SSSR count). The van der Waals surface area contributed by atoms with E-state index in [0.29, 0.717) is 6.61 Å². The van der Waals surface area contributed by atoms with Gasteiger partial charge in [0.2, 0.25) is 0 Å². The second-order valence-corrected chi connectivity index (χ2v) is 6.60. The molecule has 3 aromatic rings. The lowest BCUT2D eigenvalue weighted by Gasteiger charge is -2.35. The van der Waals surface area contributed by atoms with Crippen molar-refractivity contribution in [3.63, 3.8) is 0 Å². The molecule has 0 fully saturated rings. The van der Waals surface area contributed by atoms with Gasteiger partial charge in [-0.05, 0) is 34.9 Å². The Morgan fingerprint density at radius 1 is 1.10 bits per heavy atom. The van der Waals surface area contributed by atoms with Gasteiger partial charge in [0, 0.05) is 16.7 Å². The second-order valence-electron chi connectivity index (χ2n) is 5.68. The van der Waals surface area contributed by atoms with Crippen LogP contribution in [0.4, 0.5) is 0 Å². The summed E-state index contributed by atoms with van der Waals surface area (Å²) in [5.74, 6) is 0.936. The van der Waals surface area contributed by atoms with Crippen LogP contribution in [0.25, 0.3) is 10.1 Å². The molecule has 0 aliphatic carbocycles. The summed E-state index contributed by atoms with van der Waals surface area (Å²) in [6, 6.07) is 16.7. The van der Waals surface area contributed by atoms with Gasteiger partial charge in [-0.25, -0.2) is 0 Å². The van der Waals surface area contributed by atoms with Crippen LogP contribution in [-0.4, -0.2) is 6.61 Å². The van der Waals surface area contributed by atoms with Crippen LogP contribution in [0.5, 0.6) is 5.75 Å². The number of benzene rings is 2. The minimum Gasteiger partial charge on any atom is -0.493 e. The zero-order valence-corrected chi connectivity index (χ0v) is 12.5. The molecule has 1 unspecified atom stereocenters. The van der Waals surface area contributed by atoms with Crippen molar-refractivity contribution >= 4 is 21.4 Å². The topological polar surface area (TPSA) is 35.2 Å². The van der Waals surface area contributed by atoms with Crippen molar-refractivity contribution in [3.8, 4) is 5.75 Å². The zero-order valence-electron chi connectivity index (χ0n) is 11.7. The lowest BCUT2D eigenvalue weighted by molar-refractivity contribution is 0.216. The first-order chi connectivity index (χ1) is 10.3. The Morgan fingerprint density at radius 3 is 2.86 bits per heavy atom. The van der Waals surface area contributed by atoms with Gasteiger partial charge in [-0.3, -0.25) is 0 Å². The Kier molecular flexibility index (Phi) is 2.98. The van der Waals surface area contributed by atoms with Crippen LogP contribution in [0.15, 0.2) is 53.9 Å². The van der Waals surface area contributed by atoms with Crippen molar-refractivity contribution < 1.29 is 4.74 Å². The lowest BCUT2D eigenvalue weighted by atomic mass is 9.80. The van der Waals surface area contributed by atoms with Gasteiger partial charge in [-0.15, -0.1) is 11.3 Å². The molecule has 0 bridgehead atoms. The fraction of sp³-hybridized carbons (Fsp3) is 0.222. The molecule has 1 aliphatic rings. The molecule has 21 heavy (non-hydrogen) atoms. The van der Waals surface area contributed by atoms with E-state index < -0.39 is 0 Å². The van der Waals surface area contributed by atoms with Gasteiger partial charge < -0.3 is 10.5 Å². The molecule has 0 saturated carbocycles. The van der Waals surface area contributed by atoms with Crippen LogP contribution in [0.2, 0.25) is 0 Å². The molecular weight excluding hydrogens is 278 g/mol. The van der Waals surface area contributed by atoms with E-state index in [-0.39, 0.29) is 5.54 Å². The fourth-order valence-corrected chi connectivity index (χ4v) is 4.14. The first-order valence-electron chi connectivity index (χ1n) is 7.23. The smallest absolute Gasteiger partial charge is 0.124 e. The van der Waals surface area contributed by atoms with Gasteiger partial charge >= 0.3 is 0 Å². The molecule has 1 aliphatic heterocycles. The van der Waals surface area contributed by atoms with E-state index in [1.807, 2.05) is 18.2 Å². The highest BCUT2D eigenvalue weighted by Gasteiger charge is 2.34. The molecule has 0 amide bonds. The first kappa shape index (κ1) is 12.9. The largest absolute Gasteiger partial charge is 0.493 e. The normalized spacial score (nSPS) is 21.0. The van der Waals surface area contributed by atoms with Crippen LogP contribution in [-0.2, 0) is 12.0 Å². The summed E-state index contributed by atoms with van der Waals surface area (Å²) in [6.45, 7) is 0.690. The molecule has 2 nitrogen and oxygen atoms in total. The number of rotatable bonds is 2. The molecule has 106 valence electrons. The number of fused-ring (bicyclic) bond motifs is 2. The minimum absolute atomic E-state index is 0.335. The van der Waals surface area contributed by atoms with E-state index in [0.717, 1.165) is 24.2 Å². The van der Waals surface area contributed by atoms with Crippen LogP contribution < -0.4 is 10.5 Å². The minimum atomic E-state index is -0.335. The van der Waals surface area contributed by atoms with Crippen LogP contribution in [0.3, 0.4) is 0 Å². The fourth-order valence-electron chi connectivity index (χ4n) is 3.17. The molecule has 2 heterocycles. The summed E-state index contributed by atoms with van der Waals surface area (Å²) in [5.41, 5.74) is 8.92. The molecule has 3 heteroatoms. The van der Waals surface area contributed by atoms with Crippen LogP contribution >= 0.6 is 11.3 Å². The number of ether oxygens (including phenoxy) is 1. The molecular formula is C18H17NOS. The Morgan fingerprint density at radius 2 is 1.90 bits per heavy atom. The molecule has 1 atom stereocenters. The third kappa shape index (κ3) is 2.13. The van der Waals surface area contributed by atoms with Gasteiger partial charge in [-0.1, -0.05) is 36.4 Å². The van der Waals surface area contributed by atoms with Crippen molar-refractivity contribution in [1.29, 1.82) is 0 Å². The highest BCUT2D eigenvalue weighted by Crippen LogP contribution is 2.39. The summed E-state index contributed by atoms with van der Waals surface area (Å²) in [7, 11) is 0. The molecule has 0 saturated heterocycles. The van der Waals surface area contributed by atoms with Crippen molar-refractivity contribution in [2.75, 3.05) is 6.61 Å². The predicted octanol–water partition coefficient (Wildman–Crippen LogP) is 4.08. The summed E-state index contributed by atoms with van der Waals surface area (Å²) >= 11 is 1.80. The van der Waals surface area contributed by atoms with Gasteiger partial charge in [0.25, 0.3) is 0 Å². The van der Waals surface area contributed by atoms with E-state index in [2.05, 4.69) is 35.7 Å². The Hall–Kier alpha value is -1.84. The molecule has 2 aromatic carbocycles. The lowest BCUT2D eigenvalue weighted by Crippen LogP contribution is -2.43. The SMILES string of the molecule is NC1(Cc2csc3ccccc23)CCOc2ccccc21. The number of para-hydroxylation sites is 1. The molecule has 2 N–H and O–H groups in total. The second kappa shape index (κ2) is 4.86. The van der Waals surface area contributed by atoms with Crippen LogP contribution in [0, 0.1) is 0 Å². The van der Waals surface area contributed by atoms with Crippen molar-refractivity contribution in [3.05, 3.63) is 65.0 Å². The average Bonchev–Trinajstić information content (AvgIpc) is 2.91. The third-order valence-corrected chi connectivity index (χ3v) is 5.31. The van der Waals surface area contributed by atoms with E-state index >= 15 is 0 Å². The van der Waals surface area contributed by atoms with Gasteiger partial charge in [0.05, 0.1) is 12.1 Å². The predicted molar refractivity (Wildman–Crippen MR) is 87.9 cm³/mol. The summed E-state index contributed by atoms with van der Waals surface area (Å²) in [6.07, 6.45) is 1.71. The number of hydrogen-bond donors (Lipinski definition) is 1. The number of nitrogens with two attached hydrogens (primary N) is 1. The Bertz CT molecular complexity index is 795. The average molecular weight is 295 g/mol. The van der Waals surface area contributed by atoms with Crippen molar-refractivity contribution in [1.82, 2.24) is 0 Å². The summed E-state index contributed by atoms with van der Waals surface area (Å²) in [5, 5.41) is 3.58. The van der Waals surface area contributed by atoms with E-state index in [4.69, 9.17) is 10.5 Å². The number of thiophene rings is 1. The highest BCUT2D eigenvalue weighted by atomic mass is 32.1. The molecule has 1 aromatic heterocycles. The molecule has 0 spiro atoms. The van der Waals surface area contributed by atoms with Gasteiger partial charge in [-0.2, -0.15) is 0 Å². The maximum atomic E-state index is 6.78. The first-order valence-corrected chi connectivity index (χ1v) is 8.10. The van der Waals surface area contributed by atoms with E-state index in [9.17, 15) is 0 Å². The summed E-state index contributed by atoms with van der Waals surface area (Å²) in [4.78, 5) is 0. The highest BCUT2D eigenvalue weighted by molar-refractivity contribution is 7.17. The Balaban J connectivity index is 1.77. The monoisotopic (exact) mass is 295 g/mol. The maximum Gasteiger partial charge on any atom is 0.124 e. The van der Waals surface area contributed by atoms with E-state index in [1.165, 1.54) is 15.6 Å². The number of hydrogen-bond acceptors (Lipinski definition) is 3. The van der Waals surface area contributed by atoms with Crippen molar-refractivity contribution in [2.24, 2.45) is 5.73 Å². The molecule has 0 radical (unpaired) electrons. The maximum absolute atomic E-state index is 6.78. The standard InChI is InChI=1S/C18H17NOS/c19-18(9-10-20-16-7-3-2-6-15(16)18)11-13-12-21-17-8-4-1-5-14(13)17/h1-8,12H,9-11,19H2. The van der Waals surface area contributed by atoms with Crippen molar-refractivity contribution in [2.45, 2.75) is 18.4 Å². The van der Waals surface area contributed by atoms with Crippen LogP contribution in [0.1, 0.15) is 17.5 Å². The zero-order chi connectivity index (χ0) is 14.3. The summed E-state index contributed by atoms with van der Waals surface area (Å²) < 4.78 is 7.08. The third-order valence-electron chi connectivity index (χ3n) is 4.30. The van der Waals surface area contributed by atoms with Gasteiger partial charge in [0.1, 0.15) is 5.75 Å². The van der Waals surface area contributed by atoms with Gasteiger partial charge in [0.15, 0.2) is 0 Å². The Labute approximate surface area is 128 Å². The quantitative estimate of drug-likeness (QED) is 0.773. The van der Waals surface area contributed by atoms with E-state index in [1.54, 1.807) is 11.3 Å².